The second-order valence-corrected chi connectivity index (χ2v) is 4.70. The van der Waals surface area contributed by atoms with Crippen molar-refractivity contribution >= 4 is 5.91 Å². The van der Waals surface area contributed by atoms with Crippen LogP contribution in [0.4, 0.5) is 0 Å². The minimum Gasteiger partial charge on any atom is -0.472 e. The number of rotatable bonds is 2. The number of aliphatic hydroxyl groups is 1. The van der Waals surface area contributed by atoms with Crippen LogP contribution in [0.5, 0.6) is 0 Å². The molecule has 2 aromatic rings. The molecule has 0 spiro atoms. The summed E-state index contributed by atoms with van der Waals surface area (Å²) in [4.78, 5) is 14.0. The first-order valence-corrected chi connectivity index (χ1v) is 6.21. The van der Waals surface area contributed by atoms with E-state index in [1.54, 1.807) is 17.9 Å². The van der Waals surface area contributed by atoms with E-state index < -0.39 is 6.10 Å². The van der Waals surface area contributed by atoms with Gasteiger partial charge in [-0.25, -0.2) is 0 Å². The summed E-state index contributed by atoms with van der Waals surface area (Å²) in [6, 6.07) is 3.51. The topological polar surface area (TPSA) is 71.5 Å². The number of aromatic nitrogens is 2. The minimum absolute atomic E-state index is 0.0419. The van der Waals surface area contributed by atoms with Crippen LogP contribution in [0, 0.1) is 0 Å². The predicted molar refractivity (Wildman–Crippen MR) is 66.3 cm³/mol. The average Bonchev–Trinajstić information content (AvgIpc) is 3.06. The lowest BCUT2D eigenvalue weighted by Gasteiger charge is -2.27. The highest BCUT2D eigenvalue weighted by atomic mass is 16.3. The van der Waals surface area contributed by atoms with Crippen molar-refractivity contribution in [2.75, 3.05) is 6.54 Å². The Morgan fingerprint density at radius 1 is 1.53 bits per heavy atom. The van der Waals surface area contributed by atoms with Gasteiger partial charge in [-0.05, 0) is 19.1 Å². The van der Waals surface area contributed by atoms with Crippen LogP contribution in [0.2, 0.25) is 0 Å². The molecule has 1 atom stereocenters. The summed E-state index contributed by atoms with van der Waals surface area (Å²) >= 11 is 0. The smallest absolute Gasteiger partial charge is 0.257 e. The fourth-order valence-electron chi connectivity index (χ4n) is 2.23. The van der Waals surface area contributed by atoms with Crippen molar-refractivity contribution in [1.29, 1.82) is 0 Å². The third kappa shape index (κ3) is 2.15. The maximum atomic E-state index is 12.2. The maximum absolute atomic E-state index is 12.2. The number of furan rings is 1. The first kappa shape index (κ1) is 12.0. The fourth-order valence-corrected chi connectivity index (χ4v) is 2.23. The maximum Gasteiger partial charge on any atom is 0.257 e. The molecule has 0 radical (unpaired) electrons. The lowest BCUT2D eigenvalue weighted by atomic mass is 10.2. The third-order valence-corrected chi connectivity index (χ3v) is 3.30. The fraction of sp³-hybridized carbons (Fsp3) is 0.385. The van der Waals surface area contributed by atoms with Gasteiger partial charge >= 0.3 is 0 Å². The molecule has 1 aliphatic rings. The van der Waals surface area contributed by atoms with Gasteiger partial charge in [-0.1, -0.05) is 0 Å². The summed E-state index contributed by atoms with van der Waals surface area (Å²) in [5.74, 6) is -0.0419. The van der Waals surface area contributed by atoms with E-state index in [1.165, 1.54) is 12.5 Å². The quantitative estimate of drug-likeness (QED) is 0.881. The molecule has 0 bridgehead atoms. The van der Waals surface area contributed by atoms with Crippen molar-refractivity contribution in [1.82, 2.24) is 14.7 Å². The Labute approximate surface area is 110 Å². The van der Waals surface area contributed by atoms with Crippen molar-refractivity contribution < 1.29 is 14.3 Å². The van der Waals surface area contributed by atoms with Crippen LogP contribution in [0.15, 0.2) is 29.1 Å². The van der Waals surface area contributed by atoms with Crippen molar-refractivity contribution in [3.05, 3.63) is 41.6 Å². The molecule has 1 N–H and O–H groups in total. The summed E-state index contributed by atoms with van der Waals surface area (Å²) in [5.41, 5.74) is 2.15. The molecular formula is C13H15N3O3. The van der Waals surface area contributed by atoms with Gasteiger partial charge in [0.15, 0.2) is 0 Å². The van der Waals surface area contributed by atoms with Crippen LogP contribution in [0.3, 0.4) is 0 Å². The first-order chi connectivity index (χ1) is 9.15. The SMILES string of the molecule is C[C@@H](O)c1cc2n(n1)CCN(C(=O)c1ccoc1)C2. The summed E-state index contributed by atoms with van der Waals surface area (Å²) in [6.07, 6.45) is 2.36. The highest BCUT2D eigenvalue weighted by Gasteiger charge is 2.24. The number of fused-ring (bicyclic) bond motifs is 1. The van der Waals surface area contributed by atoms with Crippen molar-refractivity contribution in [3.8, 4) is 0 Å². The Morgan fingerprint density at radius 3 is 3.05 bits per heavy atom. The van der Waals surface area contributed by atoms with Gasteiger partial charge in [-0.3, -0.25) is 9.48 Å². The molecule has 2 aromatic heterocycles. The number of hydrogen-bond acceptors (Lipinski definition) is 4. The van der Waals surface area contributed by atoms with E-state index in [9.17, 15) is 9.90 Å². The van der Waals surface area contributed by atoms with Gasteiger partial charge in [0.05, 0.1) is 42.4 Å². The van der Waals surface area contributed by atoms with Gasteiger partial charge < -0.3 is 14.4 Å². The van der Waals surface area contributed by atoms with E-state index in [2.05, 4.69) is 5.10 Å². The largest absolute Gasteiger partial charge is 0.472 e. The summed E-state index contributed by atoms with van der Waals surface area (Å²) in [5, 5.41) is 13.8. The number of hydrogen-bond donors (Lipinski definition) is 1. The van der Waals surface area contributed by atoms with E-state index >= 15 is 0 Å². The van der Waals surface area contributed by atoms with Gasteiger partial charge in [0.25, 0.3) is 5.91 Å². The predicted octanol–water partition coefficient (Wildman–Crippen LogP) is 1.19. The summed E-state index contributed by atoms with van der Waals surface area (Å²) < 4.78 is 6.78. The Balaban J connectivity index is 1.80. The molecule has 100 valence electrons. The monoisotopic (exact) mass is 261 g/mol. The molecule has 3 rings (SSSR count). The second kappa shape index (κ2) is 4.55. The molecule has 3 heterocycles. The first-order valence-electron chi connectivity index (χ1n) is 6.21. The van der Waals surface area contributed by atoms with Gasteiger partial charge in [0.1, 0.15) is 6.26 Å². The van der Waals surface area contributed by atoms with E-state index in [0.29, 0.717) is 30.9 Å². The summed E-state index contributed by atoms with van der Waals surface area (Å²) in [7, 11) is 0. The number of aliphatic hydroxyl groups excluding tert-OH is 1. The third-order valence-electron chi connectivity index (χ3n) is 3.30. The van der Waals surface area contributed by atoms with E-state index in [4.69, 9.17) is 4.42 Å². The molecule has 1 amide bonds. The summed E-state index contributed by atoms with van der Waals surface area (Å²) in [6.45, 7) is 3.44. The highest BCUT2D eigenvalue weighted by molar-refractivity contribution is 5.93. The van der Waals surface area contributed by atoms with Gasteiger partial charge in [0.2, 0.25) is 0 Å². The van der Waals surface area contributed by atoms with Crippen LogP contribution >= 0.6 is 0 Å². The zero-order chi connectivity index (χ0) is 13.4. The second-order valence-electron chi connectivity index (χ2n) is 4.70. The molecule has 0 saturated carbocycles. The van der Waals surface area contributed by atoms with Crippen molar-refractivity contribution in [2.45, 2.75) is 26.1 Å². The molecule has 0 saturated heterocycles. The van der Waals surface area contributed by atoms with Crippen molar-refractivity contribution in [2.24, 2.45) is 0 Å². The van der Waals surface area contributed by atoms with Crippen LogP contribution in [0.1, 0.15) is 34.8 Å². The van der Waals surface area contributed by atoms with Crippen LogP contribution < -0.4 is 0 Å². The Hall–Kier alpha value is -2.08. The molecular weight excluding hydrogens is 246 g/mol. The molecule has 0 fully saturated rings. The lowest BCUT2D eigenvalue weighted by Crippen LogP contribution is -2.38. The molecule has 1 aliphatic heterocycles. The molecule has 0 aliphatic carbocycles. The normalized spacial score (nSPS) is 16.2. The van der Waals surface area contributed by atoms with Gasteiger partial charge in [-0.2, -0.15) is 5.10 Å². The molecule has 6 nitrogen and oxygen atoms in total. The zero-order valence-electron chi connectivity index (χ0n) is 10.6. The van der Waals surface area contributed by atoms with Crippen LogP contribution in [0.25, 0.3) is 0 Å². The lowest BCUT2D eigenvalue weighted by molar-refractivity contribution is 0.0705. The minimum atomic E-state index is -0.587. The van der Waals surface area contributed by atoms with Gasteiger partial charge in [-0.15, -0.1) is 0 Å². The molecule has 0 unspecified atom stereocenters. The average molecular weight is 261 g/mol. The van der Waals surface area contributed by atoms with Crippen molar-refractivity contribution in [3.63, 3.8) is 0 Å². The van der Waals surface area contributed by atoms with Crippen LogP contribution in [-0.2, 0) is 13.1 Å². The van der Waals surface area contributed by atoms with E-state index in [0.717, 1.165) is 5.69 Å². The zero-order valence-corrected chi connectivity index (χ0v) is 10.6. The number of amides is 1. The van der Waals surface area contributed by atoms with E-state index in [1.807, 2.05) is 10.7 Å². The number of carbonyl (C=O) groups excluding carboxylic acids is 1. The molecule has 0 aromatic carbocycles. The van der Waals surface area contributed by atoms with Gasteiger partial charge in [0, 0.05) is 6.54 Å². The number of carbonyl (C=O) groups is 1. The highest BCUT2D eigenvalue weighted by Crippen LogP contribution is 2.19. The van der Waals surface area contributed by atoms with E-state index in [-0.39, 0.29) is 5.91 Å². The Kier molecular flexibility index (Phi) is 2.87. The molecule has 6 heteroatoms. The standard InChI is InChI=1S/C13H15N3O3/c1-9(17)12-6-11-7-15(3-4-16(11)14-12)13(18)10-2-5-19-8-10/h2,5-6,8-9,17H,3-4,7H2,1H3/t9-/m1/s1. The Bertz CT molecular complexity index is 586. The van der Waals surface area contributed by atoms with Crippen LogP contribution in [-0.4, -0.2) is 32.2 Å². The Morgan fingerprint density at radius 2 is 2.37 bits per heavy atom. The number of nitrogens with zero attached hydrogens (tertiary/aromatic N) is 3. The molecule has 19 heavy (non-hydrogen) atoms.